The van der Waals surface area contributed by atoms with Gasteiger partial charge in [0.1, 0.15) is 5.75 Å². The van der Waals surface area contributed by atoms with Crippen LogP contribution >= 0.6 is 11.3 Å². The predicted molar refractivity (Wildman–Crippen MR) is 99.1 cm³/mol. The lowest BCUT2D eigenvalue weighted by Gasteiger charge is -2.10. The molecule has 1 N–H and O–H groups in total. The number of aryl methyl sites for hydroxylation is 3. The number of aromatic nitrogens is 1. The third-order valence-electron chi connectivity index (χ3n) is 3.99. The third kappa shape index (κ3) is 3.41. The maximum atomic E-state index is 12.1. The predicted octanol–water partition coefficient (Wildman–Crippen LogP) is 4.55. The molecule has 1 heterocycles. The van der Waals surface area contributed by atoms with Crippen LogP contribution in [-0.2, 0) is 4.79 Å². The quantitative estimate of drug-likeness (QED) is 0.758. The van der Waals surface area contributed by atoms with Gasteiger partial charge in [-0.15, -0.1) is 0 Å². The topological polar surface area (TPSA) is 51.2 Å². The molecule has 3 rings (SSSR count). The summed E-state index contributed by atoms with van der Waals surface area (Å²) in [7, 11) is 0. The summed E-state index contributed by atoms with van der Waals surface area (Å²) in [5.41, 5.74) is 5.45. The van der Waals surface area contributed by atoms with Crippen LogP contribution in [0.4, 0.5) is 5.13 Å². The van der Waals surface area contributed by atoms with E-state index in [1.54, 1.807) is 0 Å². The normalized spacial score (nSPS) is 10.8. The maximum absolute atomic E-state index is 12.1. The minimum Gasteiger partial charge on any atom is -0.483 e. The number of amides is 1. The molecule has 0 atom stereocenters. The Kier molecular flexibility index (Phi) is 4.53. The second kappa shape index (κ2) is 6.61. The monoisotopic (exact) mass is 340 g/mol. The molecule has 2 aromatic carbocycles. The summed E-state index contributed by atoms with van der Waals surface area (Å²) in [6, 6.07) is 10.0. The molecular formula is C19H20N2O2S. The number of ether oxygens (including phenoxy) is 1. The van der Waals surface area contributed by atoms with Gasteiger partial charge in [-0.05, 0) is 62.1 Å². The fraction of sp³-hybridized carbons (Fsp3) is 0.263. The molecule has 24 heavy (non-hydrogen) atoms. The molecule has 0 saturated carbocycles. The molecule has 124 valence electrons. The molecule has 4 nitrogen and oxygen atoms in total. The van der Waals surface area contributed by atoms with E-state index in [0.717, 1.165) is 32.7 Å². The van der Waals surface area contributed by atoms with E-state index in [4.69, 9.17) is 4.74 Å². The zero-order valence-corrected chi connectivity index (χ0v) is 15.1. The average molecular weight is 340 g/mol. The van der Waals surface area contributed by atoms with E-state index >= 15 is 0 Å². The van der Waals surface area contributed by atoms with Gasteiger partial charge in [-0.25, -0.2) is 4.98 Å². The second-order valence-corrected chi connectivity index (χ2v) is 7.01. The largest absolute Gasteiger partial charge is 0.483 e. The highest BCUT2D eigenvalue weighted by molar-refractivity contribution is 7.22. The van der Waals surface area contributed by atoms with E-state index in [0.29, 0.717) is 5.13 Å². The van der Waals surface area contributed by atoms with E-state index in [9.17, 15) is 4.79 Å². The summed E-state index contributed by atoms with van der Waals surface area (Å²) in [6.45, 7) is 8.07. The summed E-state index contributed by atoms with van der Waals surface area (Å²) >= 11 is 1.48. The van der Waals surface area contributed by atoms with E-state index in [2.05, 4.69) is 29.4 Å². The lowest BCUT2D eigenvalue weighted by atomic mass is 10.1. The molecule has 5 heteroatoms. The summed E-state index contributed by atoms with van der Waals surface area (Å²) in [4.78, 5) is 16.7. The number of fused-ring (bicyclic) bond motifs is 1. The number of anilines is 1. The Labute approximate surface area is 145 Å². The summed E-state index contributed by atoms with van der Waals surface area (Å²) in [5.74, 6) is 0.533. The number of carbonyl (C=O) groups is 1. The van der Waals surface area contributed by atoms with Gasteiger partial charge in [0.15, 0.2) is 11.7 Å². The van der Waals surface area contributed by atoms with Crippen molar-refractivity contribution in [1.82, 2.24) is 4.98 Å². The van der Waals surface area contributed by atoms with Crippen molar-refractivity contribution in [2.75, 3.05) is 11.9 Å². The highest BCUT2D eigenvalue weighted by Crippen LogP contribution is 2.29. The van der Waals surface area contributed by atoms with Crippen molar-refractivity contribution in [2.24, 2.45) is 0 Å². The lowest BCUT2D eigenvalue weighted by Crippen LogP contribution is -2.20. The van der Waals surface area contributed by atoms with Crippen LogP contribution in [0.3, 0.4) is 0 Å². The van der Waals surface area contributed by atoms with Crippen LogP contribution in [0.1, 0.15) is 22.3 Å². The summed E-state index contributed by atoms with van der Waals surface area (Å²) in [6.07, 6.45) is 0. The van der Waals surface area contributed by atoms with Gasteiger partial charge in [0.05, 0.1) is 10.2 Å². The molecule has 0 spiro atoms. The van der Waals surface area contributed by atoms with Crippen molar-refractivity contribution in [1.29, 1.82) is 0 Å². The molecule has 0 aliphatic carbocycles. The van der Waals surface area contributed by atoms with E-state index in [1.807, 2.05) is 39.0 Å². The number of nitrogens with one attached hydrogen (secondary N) is 1. The number of hydrogen-bond donors (Lipinski definition) is 1. The first-order valence-electron chi connectivity index (χ1n) is 7.80. The van der Waals surface area contributed by atoms with Crippen LogP contribution < -0.4 is 10.1 Å². The Morgan fingerprint density at radius 2 is 1.96 bits per heavy atom. The molecule has 0 radical (unpaired) electrons. The fourth-order valence-electron chi connectivity index (χ4n) is 2.60. The Morgan fingerprint density at radius 3 is 2.75 bits per heavy atom. The van der Waals surface area contributed by atoms with Crippen molar-refractivity contribution >= 4 is 32.6 Å². The highest BCUT2D eigenvalue weighted by atomic mass is 32.1. The number of hydrogen-bond acceptors (Lipinski definition) is 4. The zero-order chi connectivity index (χ0) is 17.3. The molecule has 3 aromatic rings. The van der Waals surface area contributed by atoms with Gasteiger partial charge >= 0.3 is 0 Å². The Balaban J connectivity index is 1.69. The van der Waals surface area contributed by atoms with Gasteiger partial charge in [0.25, 0.3) is 5.91 Å². The Bertz CT molecular complexity index is 915. The van der Waals surface area contributed by atoms with Crippen molar-refractivity contribution in [3.63, 3.8) is 0 Å². The average Bonchev–Trinajstić information content (AvgIpc) is 2.91. The molecular weight excluding hydrogens is 320 g/mol. The van der Waals surface area contributed by atoms with Crippen molar-refractivity contribution < 1.29 is 9.53 Å². The molecule has 0 saturated heterocycles. The molecule has 0 unspecified atom stereocenters. The zero-order valence-electron chi connectivity index (χ0n) is 14.3. The molecule has 1 aromatic heterocycles. The number of thiazole rings is 1. The first kappa shape index (κ1) is 16.5. The first-order valence-corrected chi connectivity index (χ1v) is 8.62. The van der Waals surface area contributed by atoms with Gasteiger partial charge in [0.2, 0.25) is 0 Å². The van der Waals surface area contributed by atoms with Crippen LogP contribution in [0, 0.1) is 27.7 Å². The van der Waals surface area contributed by atoms with E-state index in [1.165, 1.54) is 16.9 Å². The fourth-order valence-corrected chi connectivity index (χ4v) is 3.66. The minimum atomic E-state index is -0.204. The number of nitrogens with zero attached hydrogens (tertiary/aromatic N) is 1. The van der Waals surface area contributed by atoms with Gasteiger partial charge < -0.3 is 4.74 Å². The SMILES string of the molecule is Cc1cc(C)c2nc(NC(=O)COc3cccc(C)c3C)sc2c1. The summed E-state index contributed by atoms with van der Waals surface area (Å²) < 4.78 is 6.72. The highest BCUT2D eigenvalue weighted by Gasteiger charge is 2.11. The Morgan fingerprint density at radius 1 is 1.17 bits per heavy atom. The molecule has 0 aliphatic rings. The van der Waals surface area contributed by atoms with Gasteiger partial charge in [-0.1, -0.05) is 29.5 Å². The van der Waals surface area contributed by atoms with E-state index in [-0.39, 0.29) is 12.5 Å². The standard InChI is InChI=1S/C19H20N2O2S/c1-11-8-13(3)18-16(9-11)24-19(21-18)20-17(22)10-23-15-7-5-6-12(2)14(15)4/h5-9H,10H2,1-4H3,(H,20,21,22). The first-order chi connectivity index (χ1) is 11.4. The van der Waals surface area contributed by atoms with E-state index < -0.39 is 0 Å². The summed E-state index contributed by atoms with van der Waals surface area (Å²) in [5, 5.41) is 3.43. The van der Waals surface area contributed by atoms with Crippen molar-refractivity contribution in [2.45, 2.75) is 27.7 Å². The molecule has 0 aliphatic heterocycles. The third-order valence-corrected chi connectivity index (χ3v) is 4.91. The lowest BCUT2D eigenvalue weighted by molar-refractivity contribution is -0.118. The smallest absolute Gasteiger partial charge is 0.264 e. The van der Waals surface area contributed by atoms with Crippen molar-refractivity contribution in [3.05, 3.63) is 52.6 Å². The van der Waals surface area contributed by atoms with Gasteiger partial charge in [-0.2, -0.15) is 0 Å². The van der Waals surface area contributed by atoms with Crippen molar-refractivity contribution in [3.8, 4) is 5.75 Å². The number of carbonyl (C=O) groups excluding carboxylic acids is 1. The van der Waals surface area contributed by atoms with Crippen LogP contribution in [0.2, 0.25) is 0 Å². The molecule has 1 amide bonds. The van der Waals surface area contributed by atoms with Crippen LogP contribution in [0.15, 0.2) is 30.3 Å². The van der Waals surface area contributed by atoms with Crippen LogP contribution in [0.5, 0.6) is 5.75 Å². The second-order valence-electron chi connectivity index (χ2n) is 5.98. The van der Waals surface area contributed by atoms with Crippen LogP contribution in [0.25, 0.3) is 10.2 Å². The molecule has 0 bridgehead atoms. The molecule has 0 fully saturated rings. The number of rotatable bonds is 4. The Hall–Kier alpha value is -2.40. The van der Waals surface area contributed by atoms with Gasteiger partial charge in [-0.3, -0.25) is 10.1 Å². The van der Waals surface area contributed by atoms with Crippen LogP contribution in [-0.4, -0.2) is 17.5 Å². The van der Waals surface area contributed by atoms with Gasteiger partial charge in [0, 0.05) is 0 Å². The maximum Gasteiger partial charge on any atom is 0.264 e. The number of benzene rings is 2. The minimum absolute atomic E-state index is 0.0295.